The highest BCUT2D eigenvalue weighted by Gasteiger charge is 1.96. The van der Waals surface area contributed by atoms with E-state index < -0.39 is 12.1 Å². The Kier molecular flexibility index (Phi) is 4.00. The molecule has 0 bridgehead atoms. The number of carboxylic acids is 1. The van der Waals surface area contributed by atoms with Crippen LogP contribution in [0.2, 0.25) is 0 Å². The van der Waals surface area contributed by atoms with Crippen LogP contribution >= 0.6 is 0 Å². The van der Waals surface area contributed by atoms with Crippen LogP contribution in [0.4, 0.5) is 0 Å². The molecule has 3 N–H and O–H groups in total. The molecule has 0 radical (unpaired) electrons. The molecule has 0 aliphatic carbocycles. The van der Waals surface area contributed by atoms with Gasteiger partial charge in [0.1, 0.15) is 0 Å². The average molecular weight is 133 g/mol. The van der Waals surface area contributed by atoms with E-state index in [9.17, 15) is 4.79 Å². The molecule has 0 saturated heterocycles. The van der Waals surface area contributed by atoms with Crippen molar-refractivity contribution in [2.75, 3.05) is 13.1 Å². The molecule has 0 spiro atoms. The Morgan fingerprint density at radius 1 is 1.78 bits per heavy atom. The molecular formula is C5H11NO3. The second-order valence-corrected chi connectivity index (χ2v) is 1.87. The number of carboxylic acid groups (broad SMARTS) is 1. The normalized spacial score (nSPS) is 13.1. The van der Waals surface area contributed by atoms with Crippen molar-refractivity contribution < 1.29 is 15.0 Å². The quantitative estimate of drug-likeness (QED) is 0.462. The summed E-state index contributed by atoms with van der Waals surface area (Å²) in [6.07, 6.45) is -0.482. The summed E-state index contributed by atoms with van der Waals surface area (Å²) < 4.78 is 0. The average Bonchev–Trinajstić information content (AvgIpc) is 1.63. The van der Waals surface area contributed by atoms with Crippen LogP contribution in [0.25, 0.3) is 0 Å². The first-order valence-electron chi connectivity index (χ1n) is 2.73. The zero-order valence-corrected chi connectivity index (χ0v) is 5.29. The monoisotopic (exact) mass is 133 g/mol. The maximum absolute atomic E-state index is 9.84. The van der Waals surface area contributed by atoms with Crippen LogP contribution < -0.4 is 5.32 Å². The third-order valence-corrected chi connectivity index (χ3v) is 0.716. The van der Waals surface area contributed by atoms with Gasteiger partial charge >= 0.3 is 5.97 Å². The standard InChI is InChI=1S/C5H11NO3/c1-4(7)2-6-3-5(8)9/h4,6-7H,2-3H2,1H3,(H,8,9)/t4-/m1/s1. The number of hydrogen-bond donors (Lipinski definition) is 3. The summed E-state index contributed by atoms with van der Waals surface area (Å²) in [5, 5.41) is 19.2. The third-order valence-electron chi connectivity index (χ3n) is 0.716. The van der Waals surface area contributed by atoms with Crippen LogP contribution in [0, 0.1) is 0 Å². The number of aliphatic hydroxyl groups excluding tert-OH is 1. The van der Waals surface area contributed by atoms with Crippen molar-refractivity contribution in [1.82, 2.24) is 5.32 Å². The highest BCUT2D eigenvalue weighted by Crippen LogP contribution is 1.72. The molecule has 9 heavy (non-hydrogen) atoms. The molecule has 0 aromatic rings. The first kappa shape index (κ1) is 8.39. The van der Waals surface area contributed by atoms with E-state index in [0.29, 0.717) is 6.54 Å². The number of aliphatic carboxylic acids is 1. The largest absolute Gasteiger partial charge is 0.480 e. The van der Waals surface area contributed by atoms with Gasteiger partial charge in [-0.1, -0.05) is 0 Å². The fourth-order valence-corrected chi connectivity index (χ4v) is 0.388. The number of rotatable bonds is 4. The van der Waals surface area contributed by atoms with Gasteiger partial charge in [-0.15, -0.1) is 0 Å². The van der Waals surface area contributed by atoms with Crippen LogP contribution in [-0.2, 0) is 4.79 Å². The zero-order chi connectivity index (χ0) is 7.28. The second-order valence-electron chi connectivity index (χ2n) is 1.87. The van der Waals surface area contributed by atoms with Crippen LogP contribution in [-0.4, -0.2) is 35.4 Å². The molecule has 4 nitrogen and oxygen atoms in total. The molecule has 0 aromatic heterocycles. The Morgan fingerprint density at radius 3 is 2.67 bits per heavy atom. The molecule has 0 heterocycles. The smallest absolute Gasteiger partial charge is 0.317 e. The van der Waals surface area contributed by atoms with Crippen molar-refractivity contribution in [3.05, 3.63) is 0 Å². The molecule has 54 valence electrons. The first-order valence-corrected chi connectivity index (χ1v) is 2.73. The van der Waals surface area contributed by atoms with E-state index in [1.807, 2.05) is 0 Å². The van der Waals surface area contributed by atoms with Gasteiger partial charge in [0.15, 0.2) is 0 Å². The lowest BCUT2D eigenvalue weighted by Gasteiger charge is -2.02. The highest BCUT2D eigenvalue weighted by molar-refractivity contribution is 5.68. The Labute approximate surface area is 53.5 Å². The SMILES string of the molecule is C[C@@H](O)CNCC(=O)O. The summed E-state index contributed by atoms with van der Waals surface area (Å²) in [4.78, 5) is 9.84. The van der Waals surface area contributed by atoms with Crippen LogP contribution in [0.5, 0.6) is 0 Å². The molecule has 0 unspecified atom stereocenters. The lowest BCUT2D eigenvalue weighted by molar-refractivity contribution is -0.136. The van der Waals surface area contributed by atoms with Crippen LogP contribution in [0.1, 0.15) is 6.92 Å². The van der Waals surface area contributed by atoms with Gasteiger partial charge in [0.25, 0.3) is 0 Å². The van der Waals surface area contributed by atoms with E-state index in [-0.39, 0.29) is 6.54 Å². The van der Waals surface area contributed by atoms with Gasteiger partial charge in [-0.3, -0.25) is 4.79 Å². The number of aliphatic hydroxyl groups is 1. The van der Waals surface area contributed by atoms with E-state index in [0.717, 1.165) is 0 Å². The van der Waals surface area contributed by atoms with Crippen LogP contribution in [0.3, 0.4) is 0 Å². The zero-order valence-electron chi connectivity index (χ0n) is 5.29. The molecule has 0 aliphatic heterocycles. The molecule has 4 heteroatoms. The molecule has 0 amide bonds. The predicted octanol–water partition coefficient (Wildman–Crippen LogP) is -0.959. The van der Waals surface area contributed by atoms with Crippen molar-refractivity contribution in [2.45, 2.75) is 13.0 Å². The first-order chi connectivity index (χ1) is 4.13. The molecule has 0 saturated carbocycles. The minimum Gasteiger partial charge on any atom is -0.480 e. The summed E-state index contributed by atoms with van der Waals surface area (Å²) in [6.45, 7) is 1.83. The van der Waals surface area contributed by atoms with Crippen molar-refractivity contribution >= 4 is 5.97 Å². The molecule has 0 fully saturated rings. The fraction of sp³-hybridized carbons (Fsp3) is 0.800. The summed E-state index contributed by atoms with van der Waals surface area (Å²) in [5.41, 5.74) is 0. The highest BCUT2D eigenvalue weighted by atomic mass is 16.4. The minimum atomic E-state index is -0.907. The van der Waals surface area contributed by atoms with E-state index >= 15 is 0 Å². The van der Waals surface area contributed by atoms with Gasteiger partial charge < -0.3 is 15.5 Å². The topological polar surface area (TPSA) is 69.6 Å². The van der Waals surface area contributed by atoms with Crippen molar-refractivity contribution in [3.63, 3.8) is 0 Å². The van der Waals surface area contributed by atoms with Crippen LogP contribution in [0.15, 0.2) is 0 Å². The van der Waals surface area contributed by atoms with Gasteiger partial charge in [-0.2, -0.15) is 0 Å². The number of hydrogen-bond acceptors (Lipinski definition) is 3. The van der Waals surface area contributed by atoms with E-state index in [2.05, 4.69) is 5.32 Å². The molecular weight excluding hydrogens is 122 g/mol. The van der Waals surface area contributed by atoms with E-state index in [4.69, 9.17) is 10.2 Å². The summed E-state index contributed by atoms with van der Waals surface area (Å²) in [5.74, 6) is -0.907. The van der Waals surface area contributed by atoms with Crippen molar-refractivity contribution in [3.8, 4) is 0 Å². The van der Waals surface area contributed by atoms with Gasteiger partial charge in [-0.05, 0) is 6.92 Å². The second kappa shape index (κ2) is 4.29. The number of carbonyl (C=O) groups is 1. The minimum absolute atomic E-state index is 0.0924. The lowest BCUT2D eigenvalue weighted by atomic mass is 10.4. The Morgan fingerprint density at radius 2 is 2.33 bits per heavy atom. The maximum atomic E-state index is 9.84. The summed E-state index contributed by atoms with van der Waals surface area (Å²) in [7, 11) is 0. The Bertz CT molecular complexity index is 92.2. The summed E-state index contributed by atoms with van der Waals surface area (Å²) in [6, 6.07) is 0. The van der Waals surface area contributed by atoms with Crippen molar-refractivity contribution in [2.24, 2.45) is 0 Å². The third kappa shape index (κ3) is 7.39. The Balaban J connectivity index is 3.01. The van der Waals surface area contributed by atoms with E-state index in [1.165, 1.54) is 0 Å². The summed E-state index contributed by atoms with van der Waals surface area (Å²) >= 11 is 0. The Hall–Kier alpha value is -0.610. The number of nitrogens with one attached hydrogen (secondary N) is 1. The molecule has 0 aliphatic rings. The van der Waals surface area contributed by atoms with Gasteiger partial charge in [-0.25, -0.2) is 0 Å². The molecule has 1 atom stereocenters. The van der Waals surface area contributed by atoms with Gasteiger partial charge in [0.2, 0.25) is 0 Å². The predicted molar refractivity (Wildman–Crippen MR) is 32.2 cm³/mol. The lowest BCUT2D eigenvalue weighted by Crippen LogP contribution is -2.29. The maximum Gasteiger partial charge on any atom is 0.317 e. The van der Waals surface area contributed by atoms with E-state index in [1.54, 1.807) is 6.92 Å². The van der Waals surface area contributed by atoms with Gasteiger partial charge in [0, 0.05) is 6.54 Å². The van der Waals surface area contributed by atoms with Gasteiger partial charge in [0.05, 0.1) is 12.6 Å². The molecule has 0 aromatic carbocycles. The molecule has 0 rings (SSSR count). The fourth-order valence-electron chi connectivity index (χ4n) is 0.388. The van der Waals surface area contributed by atoms with Crippen molar-refractivity contribution in [1.29, 1.82) is 0 Å².